The average molecular weight is 402 g/mol. The minimum Gasteiger partial charge on any atom is -0.480 e. The van der Waals surface area contributed by atoms with Crippen LogP contribution >= 0.6 is 0 Å². The van der Waals surface area contributed by atoms with Crippen LogP contribution in [0.4, 0.5) is 11.5 Å². The van der Waals surface area contributed by atoms with E-state index in [0.717, 1.165) is 34.0 Å². The van der Waals surface area contributed by atoms with Crippen LogP contribution in [0.2, 0.25) is 0 Å². The molecule has 154 valence electrons. The molecule has 0 aliphatic heterocycles. The van der Waals surface area contributed by atoms with Crippen LogP contribution in [0.5, 0.6) is 5.88 Å². The van der Waals surface area contributed by atoms with Gasteiger partial charge in [0.1, 0.15) is 5.82 Å². The second-order valence-electron chi connectivity index (χ2n) is 7.05. The Morgan fingerprint density at radius 3 is 2.60 bits per heavy atom. The number of aryl methyl sites for hydroxylation is 1. The van der Waals surface area contributed by atoms with E-state index in [2.05, 4.69) is 64.8 Å². The van der Waals surface area contributed by atoms with Crippen LogP contribution in [0.25, 0.3) is 16.9 Å². The number of anilines is 2. The lowest BCUT2D eigenvalue weighted by atomic mass is 10.1. The van der Waals surface area contributed by atoms with Crippen molar-refractivity contribution in [2.75, 3.05) is 19.0 Å². The van der Waals surface area contributed by atoms with Gasteiger partial charge < -0.3 is 19.8 Å². The summed E-state index contributed by atoms with van der Waals surface area (Å²) in [6.07, 6.45) is 1.88. The van der Waals surface area contributed by atoms with Crippen molar-refractivity contribution in [3.8, 4) is 22.8 Å². The quantitative estimate of drug-likeness (QED) is 0.410. The lowest BCUT2D eigenvalue weighted by molar-refractivity contribution is 0.134. The maximum atomic E-state index is 5.53. The Balaban J connectivity index is 1.49. The van der Waals surface area contributed by atoms with Crippen LogP contribution in [-0.2, 0) is 11.3 Å². The summed E-state index contributed by atoms with van der Waals surface area (Å²) in [5.41, 5.74) is 6.54. The molecular weight excluding hydrogens is 376 g/mol. The number of ether oxygens (including phenoxy) is 2. The van der Waals surface area contributed by atoms with Gasteiger partial charge >= 0.3 is 0 Å². The van der Waals surface area contributed by atoms with E-state index < -0.39 is 0 Å². The maximum absolute atomic E-state index is 5.53. The number of hydrogen-bond acceptors (Lipinski definition) is 4. The molecular formula is C24H26N4O2. The number of benzene rings is 2. The number of nitrogens with zero attached hydrogens (tertiary/aromatic N) is 2. The Hall–Kier alpha value is -3.51. The van der Waals surface area contributed by atoms with Gasteiger partial charge in [0.2, 0.25) is 5.88 Å². The molecule has 0 bridgehead atoms. The van der Waals surface area contributed by atoms with Crippen molar-refractivity contribution in [3.05, 3.63) is 78.0 Å². The summed E-state index contributed by atoms with van der Waals surface area (Å²) in [7, 11) is 1.61. The summed E-state index contributed by atoms with van der Waals surface area (Å²) in [4.78, 5) is 3.46. The fourth-order valence-corrected chi connectivity index (χ4v) is 3.25. The molecule has 2 N–H and O–H groups in total. The summed E-state index contributed by atoms with van der Waals surface area (Å²) in [5, 5.41) is 7.84. The summed E-state index contributed by atoms with van der Waals surface area (Å²) >= 11 is 0. The number of methoxy groups -OCH3 is 1. The molecule has 4 aromatic rings. The van der Waals surface area contributed by atoms with Crippen molar-refractivity contribution in [2.24, 2.45) is 0 Å². The van der Waals surface area contributed by atoms with E-state index in [1.165, 1.54) is 5.56 Å². The Kier molecular flexibility index (Phi) is 5.86. The average Bonchev–Trinajstić information content (AvgIpc) is 3.44. The van der Waals surface area contributed by atoms with Gasteiger partial charge in [-0.05, 0) is 60.9 Å². The normalized spacial score (nSPS) is 10.9. The fraction of sp³-hybridized carbons (Fsp3) is 0.208. The standard InChI is InChI=1S/C24H26N4O2/c1-4-30-16-18-6-5-17(2)22(15-18)26-23-12-11-21(25-23)19-7-9-20(10-8-19)28-14-13-24(27-28)29-3/h5-15,25-26H,4,16H2,1-3H3. The largest absolute Gasteiger partial charge is 0.480 e. The highest BCUT2D eigenvalue weighted by Crippen LogP contribution is 2.26. The number of hydrogen-bond donors (Lipinski definition) is 2. The summed E-state index contributed by atoms with van der Waals surface area (Å²) in [5.74, 6) is 1.54. The van der Waals surface area contributed by atoms with Gasteiger partial charge in [-0.15, -0.1) is 5.10 Å². The Bertz CT molecular complexity index is 1110. The lowest BCUT2D eigenvalue weighted by Crippen LogP contribution is -1.97. The second kappa shape index (κ2) is 8.88. The molecule has 6 heteroatoms. The highest BCUT2D eigenvalue weighted by molar-refractivity contribution is 5.68. The van der Waals surface area contributed by atoms with Crippen LogP contribution in [0.15, 0.2) is 66.9 Å². The van der Waals surface area contributed by atoms with Crippen LogP contribution < -0.4 is 10.1 Å². The summed E-state index contributed by atoms with van der Waals surface area (Å²) in [6, 6.07) is 20.6. The molecule has 0 radical (unpaired) electrons. The van der Waals surface area contributed by atoms with Crippen LogP contribution in [0.3, 0.4) is 0 Å². The first-order chi connectivity index (χ1) is 14.7. The molecule has 0 saturated heterocycles. The number of H-pyrrole nitrogens is 1. The van der Waals surface area contributed by atoms with Gasteiger partial charge in [-0.3, -0.25) is 0 Å². The van der Waals surface area contributed by atoms with Gasteiger partial charge in [0, 0.05) is 30.3 Å². The van der Waals surface area contributed by atoms with Gasteiger partial charge in [-0.25, -0.2) is 4.68 Å². The Morgan fingerprint density at radius 2 is 1.87 bits per heavy atom. The van der Waals surface area contributed by atoms with E-state index in [4.69, 9.17) is 9.47 Å². The molecule has 0 fully saturated rings. The Labute approximate surface area is 176 Å². The molecule has 0 unspecified atom stereocenters. The van der Waals surface area contributed by atoms with Gasteiger partial charge in [-0.2, -0.15) is 0 Å². The maximum Gasteiger partial charge on any atom is 0.232 e. The number of aromatic amines is 1. The van der Waals surface area contributed by atoms with Gasteiger partial charge in [0.25, 0.3) is 0 Å². The molecule has 0 atom stereocenters. The zero-order chi connectivity index (χ0) is 20.9. The third kappa shape index (κ3) is 4.39. The molecule has 4 rings (SSSR count). The highest BCUT2D eigenvalue weighted by Gasteiger charge is 2.07. The topological polar surface area (TPSA) is 64.1 Å². The number of aromatic nitrogens is 3. The molecule has 2 aromatic carbocycles. The molecule has 2 aromatic heterocycles. The van der Waals surface area contributed by atoms with Crippen LogP contribution in [0, 0.1) is 6.92 Å². The van der Waals surface area contributed by atoms with Gasteiger partial charge in [0.15, 0.2) is 0 Å². The molecule has 2 heterocycles. The number of rotatable bonds is 8. The van der Waals surface area contributed by atoms with E-state index in [1.807, 2.05) is 31.3 Å². The smallest absolute Gasteiger partial charge is 0.232 e. The van der Waals surface area contributed by atoms with Crippen molar-refractivity contribution < 1.29 is 9.47 Å². The van der Waals surface area contributed by atoms with Gasteiger partial charge in [-0.1, -0.05) is 24.3 Å². The van der Waals surface area contributed by atoms with E-state index in [1.54, 1.807) is 11.8 Å². The minimum absolute atomic E-state index is 0.597. The monoisotopic (exact) mass is 402 g/mol. The summed E-state index contributed by atoms with van der Waals surface area (Å²) < 4.78 is 12.5. The molecule has 0 spiro atoms. The fourth-order valence-electron chi connectivity index (χ4n) is 3.25. The van der Waals surface area contributed by atoms with E-state index in [0.29, 0.717) is 19.1 Å². The first kappa shape index (κ1) is 19.8. The zero-order valence-electron chi connectivity index (χ0n) is 17.5. The molecule has 0 amide bonds. The first-order valence-corrected chi connectivity index (χ1v) is 10.00. The SMILES string of the molecule is CCOCc1ccc(C)c(Nc2ccc(-c3ccc(-n4ccc(OC)n4)cc3)[nH]2)c1. The Morgan fingerprint density at radius 1 is 1.03 bits per heavy atom. The second-order valence-corrected chi connectivity index (χ2v) is 7.05. The van der Waals surface area contributed by atoms with Crippen molar-refractivity contribution in [3.63, 3.8) is 0 Å². The number of nitrogens with one attached hydrogen (secondary N) is 2. The van der Waals surface area contributed by atoms with Gasteiger partial charge in [0.05, 0.1) is 19.4 Å². The van der Waals surface area contributed by atoms with E-state index in [-0.39, 0.29) is 0 Å². The van der Waals surface area contributed by atoms with Crippen LogP contribution in [-0.4, -0.2) is 28.5 Å². The first-order valence-electron chi connectivity index (χ1n) is 10.00. The third-order valence-electron chi connectivity index (χ3n) is 4.95. The molecule has 30 heavy (non-hydrogen) atoms. The molecule has 0 aliphatic rings. The van der Waals surface area contributed by atoms with Crippen LogP contribution in [0.1, 0.15) is 18.1 Å². The van der Waals surface area contributed by atoms with Crippen molar-refractivity contribution in [1.82, 2.24) is 14.8 Å². The lowest BCUT2D eigenvalue weighted by Gasteiger charge is -2.11. The third-order valence-corrected chi connectivity index (χ3v) is 4.95. The highest BCUT2D eigenvalue weighted by atomic mass is 16.5. The summed E-state index contributed by atoms with van der Waals surface area (Å²) in [6.45, 7) is 5.44. The van der Waals surface area contributed by atoms with Crippen molar-refractivity contribution in [1.29, 1.82) is 0 Å². The molecule has 6 nitrogen and oxygen atoms in total. The molecule has 0 aliphatic carbocycles. The predicted molar refractivity (Wildman–Crippen MR) is 120 cm³/mol. The van der Waals surface area contributed by atoms with E-state index in [9.17, 15) is 0 Å². The predicted octanol–water partition coefficient (Wildman–Crippen LogP) is 5.46. The van der Waals surface area contributed by atoms with E-state index >= 15 is 0 Å². The molecule has 0 saturated carbocycles. The zero-order valence-corrected chi connectivity index (χ0v) is 17.5. The van der Waals surface area contributed by atoms with Crippen molar-refractivity contribution >= 4 is 11.5 Å². The minimum atomic E-state index is 0.597. The van der Waals surface area contributed by atoms with Crippen molar-refractivity contribution in [2.45, 2.75) is 20.5 Å².